The highest BCUT2D eigenvalue weighted by Gasteiger charge is 2.14. The molecule has 0 aromatic carbocycles. The van der Waals surface area contributed by atoms with E-state index in [0.717, 1.165) is 9.13 Å². The molecule has 88 valence electrons. The monoisotopic (exact) mass is 232 g/mol. The van der Waals surface area contributed by atoms with E-state index in [1.807, 2.05) is 0 Å². The molecule has 0 saturated heterocycles. The molecule has 6 nitrogen and oxygen atoms in total. The van der Waals surface area contributed by atoms with Gasteiger partial charge in [-0.15, -0.1) is 12.8 Å². The molecule has 0 atom stereocenters. The maximum absolute atomic E-state index is 11.9. The standard InChI is InChI=1S/C11H12N4O2/c1-4-6-14-9(12)8(13-3)10(16)15(7-5-2)11(14)17/h1-2,13H,6-7,12H2,3H3. The highest BCUT2D eigenvalue weighted by atomic mass is 16.2. The van der Waals surface area contributed by atoms with Crippen molar-refractivity contribution < 1.29 is 0 Å². The molecule has 3 N–H and O–H groups in total. The first-order chi connectivity index (χ1) is 8.08. The second kappa shape index (κ2) is 4.95. The largest absolute Gasteiger partial charge is 0.383 e. The van der Waals surface area contributed by atoms with Crippen LogP contribution < -0.4 is 22.3 Å². The van der Waals surface area contributed by atoms with Crippen LogP contribution in [0.3, 0.4) is 0 Å². The summed E-state index contributed by atoms with van der Waals surface area (Å²) < 4.78 is 2.02. The Morgan fingerprint density at radius 2 is 1.76 bits per heavy atom. The summed E-state index contributed by atoms with van der Waals surface area (Å²) in [6.07, 6.45) is 10.2. The van der Waals surface area contributed by atoms with Crippen molar-refractivity contribution in [3.8, 4) is 24.7 Å². The van der Waals surface area contributed by atoms with Gasteiger partial charge in [-0.1, -0.05) is 11.8 Å². The molecular weight excluding hydrogens is 220 g/mol. The van der Waals surface area contributed by atoms with Crippen molar-refractivity contribution in [2.75, 3.05) is 18.1 Å². The van der Waals surface area contributed by atoms with E-state index in [4.69, 9.17) is 18.6 Å². The third kappa shape index (κ3) is 2.01. The maximum Gasteiger partial charge on any atom is 0.334 e. The van der Waals surface area contributed by atoms with Crippen LogP contribution in [0.5, 0.6) is 0 Å². The summed E-state index contributed by atoms with van der Waals surface area (Å²) in [6.45, 7) is -0.151. The zero-order chi connectivity index (χ0) is 13.0. The maximum atomic E-state index is 11.9. The van der Waals surface area contributed by atoms with Crippen molar-refractivity contribution in [1.29, 1.82) is 0 Å². The fourth-order valence-electron chi connectivity index (χ4n) is 1.42. The summed E-state index contributed by atoms with van der Waals surface area (Å²) in [5.41, 5.74) is 4.63. The summed E-state index contributed by atoms with van der Waals surface area (Å²) in [5.74, 6) is 4.54. The molecule has 1 rings (SSSR count). The van der Waals surface area contributed by atoms with Gasteiger partial charge >= 0.3 is 5.69 Å². The lowest BCUT2D eigenvalue weighted by Gasteiger charge is -2.13. The van der Waals surface area contributed by atoms with Crippen molar-refractivity contribution >= 4 is 11.5 Å². The zero-order valence-electron chi connectivity index (χ0n) is 9.36. The molecule has 1 heterocycles. The van der Waals surface area contributed by atoms with E-state index in [2.05, 4.69) is 17.2 Å². The lowest BCUT2D eigenvalue weighted by atomic mass is 10.4. The lowest BCUT2D eigenvalue weighted by Crippen LogP contribution is -2.42. The van der Waals surface area contributed by atoms with Gasteiger partial charge in [0.1, 0.15) is 11.5 Å². The second-order valence-electron chi connectivity index (χ2n) is 3.18. The number of rotatable bonds is 3. The Morgan fingerprint density at radius 1 is 1.24 bits per heavy atom. The molecule has 0 unspecified atom stereocenters. The van der Waals surface area contributed by atoms with Crippen LogP contribution in [0, 0.1) is 24.7 Å². The van der Waals surface area contributed by atoms with Crippen molar-refractivity contribution in [2.24, 2.45) is 0 Å². The first kappa shape index (κ1) is 12.5. The second-order valence-corrected chi connectivity index (χ2v) is 3.18. The Bertz CT molecular complexity index is 625. The van der Waals surface area contributed by atoms with Crippen LogP contribution >= 0.6 is 0 Å². The van der Waals surface area contributed by atoms with E-state index in [1.165, 1.54) is 7.05 Å². The van der Waals surface area contributed by atoms with Gasteiger partial charge in [-0.25, -0.2) is 9.36 Å². The van der Waals surface area contributed by atoms with Gasteiger partial charge < -0.3 is 11.1 Å². The van der Waals surface area contributed by atoms with Crippen LogP contribution in [-0.4, -0.2) is 16.2 Å². The van der Waals surface area contributed by atoms with E-state index in [-0.39, 0.29) is 24.6 Å². The van der Waals surface area contributed by atoms with Crippen LogP contribution in [0.25, 0.3) is 0 Å². The number of nitrogens with two attached hydrogens (primary N) is 1. The molecular formula is C11H12N4O2. The molecule has 0 spiro atoms. The molecule has 0 aliphatic carbocycles. The zero-order valence-corrected chi connectivity index (χ0v) is 9.36. The molecule has 1 aromatic rings. The van der Waals surface area contributed by atoms with Gasteiger partial charge in [0.05, 0.1) is 13.1 Å². The van der Waals surface area contributed by atoms with Gasteiger partial charge in [-0.05, 0) is 0 Å². The smallest absolute Gasteiger partial charge is 0.334 e. The van der Waals surface area contributed by atoms with Crippen molar-refractivity contribution in [3.63, 3.8) is 0 Å². The normalized spacial score (nSPS) is 9.35. The summed E-state index contributed by atoms with van der Waals surface area (Å²) in [7, 11) is 1.53. The van der Waals surface area contributed by atoms with Crippen LogP contribution in [-0.2, 0) is 13.1 Å². The first-order valence-corrected chi connectivity index (χ1v) is 4.76. The number of nitrogens with one attached hydrogen (secondary N) is 1. The minimum absolute atomic E-state index is 0.00808. The molecule has 0 fully saturated rings. The minimum Gasteiger partial charge on any atom is -0.383 e. The van der Waals surface area contributed by atoms with Crippen LogP contribution in [0.4, 0.5) is 11.5 Å². The summed E-state index contributed by atoms with van der Waals surface area (Å²) in [6, 6.07) is 0. The van der Waals surface area contributed by atoms with Gasteiger partial charge in [-0.3, -0.25) is 9.36 Å². The van der Waals surface area contributed by atoms with E-state index in [0.29, 0.717) is 0 Å². The Labute approximate surface area is 98.1 Å². The number of terminal acetylenes is 2. The van der Waals surface area contributed by atoms with Crippen LogP contribution in [0.15, 0.2) is 9.59 Å². The molecule has 17 heavy (non-hydrogen) atoms. The number of nitrogens with zero attached hydrogens (tertiary/aromatic N) is 2. The summed E-state index contributed by atoms with van der Waals surface area (Å²) in [4.78, 5) is 23.7. The fraction of sp³-hybridized carbons (Fsp3) is 0.273. The van der Waals surface area contributed by atoms with E-state index >= 15 is 0 Å². The van der Waals surface area contributed by atoms with E-state index in [1.54, 1.807) is 0 Å². The third-order valence-electron chi connectivity index (χ3n) is 2.22. The Kier molecular flexibility index (Phi) is 3.63. The molecule has 0 bridgehead atoms. The molecule has 0 saturated carbocycles. The highest BCUT2D eigenvalue weighted by molar-refractivity contribution is 5.60. The quantitative estimate of drug-likeness (QED) is 0.648. The summed E-state index contributed by atoms with van der Waals surface area (Å²) in [5, 5.41) is 2.63. The number of hydrogen-bond acceptors (Lipinski definition) is 4. The van der Waals surface area contributed by atoms with E-state index < -0.39 is 11.2 Å². The number of hydrogen-bond donors (Lipinski definition) is 2. The summed E-state index contributed by atoms with van der Waals surface area (Å²) >= 11 is 0. The molecule has 0 amide bonds. The molecule has 6 heteroatoms. The predicted octanol–water partition coefficient (Wildman–Crippen LogP) is -1.10. The van der Waals surface area contributed by atoms with Crippen molar-refractivity contribution in [1.82, 2.24) is 9.13 Å². The minimum atomic E-state index is -0.609. The Hall–Kier alpha value is -2.60. The van der Waals surface area contributed by atoms with Crippen LogP contribution in [0.2, 0.25) is 0 Å². The van der Waals surface area contributed by atoms with Crippen molar-refractivity contribution in [2.45, 2.75) is 13.1 Å². The van der Waals surface area contributed by atoms with Gasteiger partial charge in [0.2, 0.25) is 0 Å². The van der Waals surface area contributed by atoms with Gasteiger partial charge in [0.25, 0.3) is 5.56 Å². The van der Waals surface area contributed by atoms with E-state index in [9.17, 15) is 9.59 Å². The Balaban J connectivity index is 3.72. The third-order valence-corrected chi connectivity index (χ3v) is 2.22. The van der Waals surface area contributed by atoms with Gasteiger partial charge in [0, 0.05) is 7.05 Å². The average molecular weight is 232 g/mol. The predicted molar refractivity (Wildman–Crippen MR) is 66.6 cm³/mol. The lowest BCUT2D eigenvalue weighted by molar-refractivity contribution is 0.647. The SMILES string of the molecule is C#CCn1c(N)c(NC)c(=O)n(CC#C)c1=O. The molecule has 0 aliphatic heterocycles. The molecule has 0 radical (unpaired) electrons. The van der Waals surface area contributed by atoms with Gasteiger partial charge in [0.15, 0.2) is 0 Å². The molecule has 0 aliphatic rings. The fourth-order valence-corrected chi connectivity index (χ4v) is 1.42. The number of nitrogen functional groups attached to an aromatic ring is 1. The first-order valence-electron chi connectivity index (χ1n) is 4.76. The highest BCUT2D eigenvalue weighted by Crippen LogP contribution is 2.08. The Morgan fingerprint density at radius 3 is 2.24 bits per heavy atom. The number of anilines is 2. The van der Waals surface area contributed by atoms with Crippen molar-refractivity contribution in [3.05, 3.63) is 20.8 Å². The average Bonchev–Trinajstić information content (AvgIpc) is 2.31. The molecule has 1 aromatic heterocycles. The number of aromatic nitrogens is 2. The van der Waals surface area contributed by atoms with Crippen LogP contribution in [0.1, 0.15) is 0 Å². The van der Waals surface area contributed by atoms with Gasteiger partial charge in [-0.2, -0.15) is 0 Å². The topological polar surface area (TPSA) is 82.0 Å².